The number of nitrogens with one attached hydrogen (secondary N) is 2. The maximum Gasteiger partial charge on any atom is 0.231 e. The fraction of sp³-hybridized carbons (Fsp3) is 0.438. The zero-order valence-electron chi connectivity index (χ0n) is 12.1. The Hall–Kier alpha value is -1.85. The number of rotatable bonds is 5. The highest BCUT2D eigenvalue weighted by Gasteiger charge is 2.19. The summed E-state index contributed by atoms with van der Waals surface area (Å²) < 4.78 is 0. The van der Waals surface area contributed by atoms with Gasteiger partial charge in [0.2, 0.25) is 5.91 Å². The second kappa shape index (κ2) is 6.28. The van der Waals surface area contributed by atoms with Crippen molar-refractivity contribution in [1.29, 1.82) is 0 Å². The van der Waals surface area contributed by atoms with E-state index in [1.165, 1.54) is 16.5 Å². The topological polar surface area (TPSA) is 74.2 Å². The third-order valence-electron chi connectivity index (χ3n) is 4.18. The van der Waals surface area contributed by atoms with Crippen LogP contribution in [-0.2, 0) is 11.3 Å². The maximum atomic E-state index is 10.9. The van der Waals surface area contributed by atoms with E-state index in [1.54, 1.807) is 0 Å². The van der Waals surface area contributed by atoms with Crippen LogP contribution in [0.4, 0.5) is 0 Å². The number of carbonyl (C=O) groups is 1. The van der Waals surface area contributed by atoms with Gasteiger partial charge < -0.3 is 16.0 Å². The number of hydrogen-bond donors (Lipinski definition) is 3. The molecule has 4 N–H and O–H groups in total. The van der Waals surface area contributed by atoms with Gasteiger partial charge in [-0.05, 0) is 42.0 Å². The van der Waals surface area contributed by atoms with Crippen LogP contribution < -0.4 is 11.1 Å². The van der Waals surface area contributed by atoms with Gasteiger partial charge in [-0.2, -0.15) is 0 Å². The third-order valence-corrected chi connectivity index (χ3v) is 4.18. The second-order valence-corrected chi connectivity index (χ2v) is 5.80. The van der Waals surface area contributed by atoms with Crippen molar-refractivity contribution in [3.05, 3.63) is 36.0 Å². The lowest BCUT2D eigenvalue weighted by atomic mass is 10.0. The molecule has 1 fully saturated rings. The number of benzene rings is 1. The lowest BCUT2D eigenvalue weighted by Crippen LogP contribution is -2.45. The zero-order chi connectivity index (χ0) is 14.7. The minimum Gasteiger partial charge on any atom is -0.369 e. The van der Waals surface area contributed by atoms with Crippen LogP contribution in [0.3, 0.4) is 0 Å². The number of likely N-dealkylation sites (tertiary alicyclic amines) is 1. The molecule has 0 aliphatic carbocycles. The molecule has 1 aromatic heterocycles. The predicted octanol–water partition coefficient (Wildman–Crippen LogP) is 1.21. The highest BCUT2D eigenvalue weighted by atomic mass is 16.1. The highest BCUT2D eigenvalue weighted by molar-refractivity contribution is 5.79. The van der Waals surface area contributed by atoms with E-state index in [1.807, 2.05) is 6.20 Å². The molecule has 3 rings (SSSR count). The van der Waals surface area contributed by atoms with Gasteiger partial charge >= 0.3 is 0 Å². The molecule has 0 atom stereocenters. The number of H-pyrrole nitrogens is 1. The molecular formula is C16H22N4O. The first-order chi connectivity index (χ1) is 10.2. The summed E-state index contributed by atoms with van der Waals surface area (Å²) in [4.78, 5) is 16.2. The molecule has 0 bridgehead atoms. The molecular weight excluding hydrogens is 264 g/mol. The van der Waals surface area contributed by atoms with Gasteiger partial charge in [-0.15, -0.1) is 0 Å². The van der Waals surface area contributed by atoms with Crippen LogP contribution in [0.2, 0.25) is 0 Å². The van der Waals surface area contributed by atoms with Crippen molar-refractivity contribution < 1.29 is 4.79 Å². The monoisotopic (exact) mass is 286 g/mol. The SMILES string of the molecule is NC(=O)CN1CCC(NCc2ccc3[nH]ccc3c2)CC1. The van der Waals surface area contributed by atoms with E-state index in [0.29, 0.717) is 12.6 Å². The van der Waals surface area contributed by atoms with Gasteiger partial charge in [0.05, 0.1) is 6.54 Å². The van der Waals surface area contributed by atoms with E-state index in [0.717, 1.165) is 32.5 Å². The Morgan fingerprint density at radius 3 is 2.90 bits per heavy atom. The van der Waals surface area contributed by atoms with Crippen molar-refractivity contribution in [3.8, 4) is 0 Å². The quantitative estimate of drug-likeness (QED) is 0.773. The molecule has 2 aromatic rings. The Balaban J connectivity index is 1.48. The standard InChI is InChI=1S/C16H22N4O/c17-16(21)11-20-7-4-14(5-8-20)19-10-12-1-2-15-13(9-12)3-6-18-15/h1-3,6,9,14,18-19H,4-5,7-8,10-11H2,(H2,17,21). The Kier molecular flexibility index (Phi) is 4.22. The summed E-state index contributed by atoms with van der Waals surface area (Å²) in [5, 5.41) is 4.87. The van der Waals surface area contributed by atoms with Crippen molar-refractivity contribution in [1.82, 2.24) is 15.2 Å². The summed E-state index contributed by atoms with van der Waals surface area (Å²) in [6.45, 7) is 3.16. The summed E-state index contributed by atoms with van der Waals surface area (Å²) >= 11 is 0. The molecule has 0 saturated carbocycles. The smallest absolute Gasteiger partial charge is 0.231 e. The van der Waals surface area contributed by atoms with Gasteiger partial charge in [-0.3, -0.25) is 9.69 Å². The molecule has 5 nitrogen and oxygen atoms in total. The normalized spacial score (nSPS) is 17.3. The summed E-state index contributed by atoms with van der Waals surface area (Å²) in [6, 6.07) is 9.13. The minimum absolute atomic E-state index is 0.235. The first-order valence-corrected chi connectivity index (χ1v) is 7.51. The molecule has 1 amide bonds. The van der Waals surface area contributed by atoms with Gasteiger partial charge in [-0.25, -0.2) is 0 Å². The van der Waals surface area contributed by atoms with Gasteiger partial charge in [0.1, 0.15) is 0 Å². The summed E-state index contributed by atoms with van der Waals surface area (Å²) in [7, 11) is 0. The number of primary amides is 1. The molecule has 5 heteroatoms. The van der Waals surface area contributed by atoms with Crippen LogP contribution in [0.15, 0.2) is 30.5 Å². The lowest BCUT2D eigenvalue weighted by Gasteiger charge is -2.31. The van der Waals surface area contributed by atoms with Crippen molar-refractivity contribution in [3.63, 3.8) is 0 Å². The Bertz CT molecular complexity index is 614. The van der Waals surface area contributed by atoms with Crippen molar-refractivity contribution in [2.24, 2.45) is 5.73 Å². The van der Waals surface area contributed by atoms with E-state index in [9.17, 15) is 4.79 Å². The zero-order valence-corrected chi connectivity index (χ0v) is 12.1. The molecule has 0 unspecified atom stereocenters. The van der Waals surface area contributed by atoms with E-state index in [-0.39, 0.29) is 5.91 Å². The number of aromatic amines is 1. The molecule has 0 radical (unpaired) electrons. The number of piperidine rings is 1. The number of fused-ring (bicyclic) bond motifs is 1. The summed E-state index contributed by atoms with van der Waals surface area (Å²) in [6.07, 6.45) is 4.11. The van der Waals surface area contributed by atoms with E-state index in [4.69, 9.17) is 5.73 Å². The molecule has 21 heavy (non-hydrogen) atoms. The van der Waals surface area contributed by atoms with Crippen molar-refractivity contribution in [2.45, 2.75) is 25.4 Å². The van der Waals surface area contributed by atoms with Crippen LogP contribution in [-0.4, -0.2) is 41.5 Å². The molecule has 0 spiro atoms. The third kappa shape index (κ3) is 3.62. The largest absolute Gasteiger partial charge is 0.369 e. The number of hydrogen-bond acceptors (Lipinski definition) is 3. The van der Waals surface area contributed by atoms with Crippen LogP contribution in [0.1, 0.15) is 18.4 Å². The fourth-order valence-corrected chi connectivity index (χ4v) is 2.99. The van der Waals surface area contributed by atoms with E-state index < -0.39 is 0 Å². The number of nitrogens with zero attached hydrogens (tertiary/aromatic N) is 1. The molecule has 1 saturated heterocycles. The lowest BCUT2D eigenvalue weighted by molar-refractivity contribution is -0.119. The van der Waals surface area contributed by atoms with Crippen LogP contribution in [0, 0.1) is 0 Å². The summed E-state index contributed by atoms with van der Waals surface area (Å²) in [5.41, 5.74) is 7.72. The maximum absolute atomic E-state index is 10.9. The Labute approximate surface area is 124 Å². The van der Waals surface area contributed by atoms with Gasteiger partial charge in [0.25, 0.3) is 0 Å². The van der Waals surface area contributed by atoms with Crippen LogP contribution in [0.25, 0.3) is 10.9 Å². The number of amides is 1. The molecule has 1 aromatic carbocycles. The second-order valence-electron chi connectivity index (χ2n) is 5.80. The number of aromatic nitrogens is 1. The Morgan fingerprint density at radius 1 is 1.33 bits per heavy atom. The molecule has 1 aliphatic heterocycles. The van der Waals surface area contributed by atoms with Crippen LogP contribution in [0.5, 0.6) is 0 Å². The highest BCUT2D eigenvalue weighted by Crippen LogP contribution is 2.15. The average Bonchev–Trinajstić information content (AvgIpc) is 2.93. The first kappa shape index (κ1) is 14.1. The van der Waals surface area contributed by atoms with E-state index >= 15 is 0 Å². The van der Waals surface area contributed by atoms with E-state index in [2.05, 4.69) is 39.5 Å². The van der Waals surface area contributed by atoms with Crippen molar-refractivity contribution >= 4 is 16.8 Å². The number of carbonyl (C=O) groups excluding carboxylic acids is 1. The summed E-state index contributed by atoms with van der Waals surface area (Å²) in [5.74, 6) is -0.235. The van der Waals surface area contributed by atoms with Gasteiger partial charge in [0.15, 0.2) is 0 Å². The number of nitrogens with two attached hydrogens (primary N) is 1. The Morgan fingerprint density at radius 2 is 2.14 bits per heavy atom. The van der Waals surface area contributed by atoms with Crippen molar-refractivity contribution in [2.75, 3.05) is 19.6 Å². The molecule has 2 heterocycles. The van der Waals surface area contributed by atoms with Gasteiger partial charge in [0, 0.05) is 37.4 Å². The first-order valence-electron chi connectivity index (χ1n) is 7.51. The molecule has 112 valence electrons. The predicted molar refractivity (Wildman–Crippen MR) is 83.8 cm³/mol. The average molecular weight is 286 g/mol. The molecule has 1 aliphatic rings. The van der Waals surface area contributed by atoms with Crippen LogP contribution >= 0.6 is 0 Å². The van der Waals surface area contributed by atoms with Gasteiger partial charge in [-0.1, -0.05) is 6.07 Å². The minimum atomic E-state index is -0.235. The fourth-order valence-electron chi connectivity index (χ4n) is 2.99.